The lowest BCUT2D eigenvalue weighted by atomic mass is 10.0. The van der Waals surface area contributed by atoms with Gasteiger partial charge in [-0.3, -0.25) is 9.98 Å². The third-order valence-corrected chi connectivity index (χ3v) is 6.04. The van der Waals surface area contributed by atoms with Gasteiger partial charge in [0.1, 0.15) is 0 Å². The van der Waals surface area contributed by atoms with Crippen molar-refractivity contribution in [1.82, 2.24) is 4.98 Å². The molecule has 0 amide bonds. The Balaban J connectivity index is 1.48. The molecule has 0 aliphatic carbocycles. The van der Waals surface area contributed by atoms with E-state index in [4.69, 9.17) is 15.0 Å². The van der Waals surface area contributed by atoms with Crippen LogP contribution in [-0.2, 0) is 0 Å². The van der Waals surface area contributed by atoms with Crippen molar-refractivity contribution in [3.63, 3.8) is 0 Å². The van der Waals surface area contributed by atoms with Crippen molar-refractivity contribution in [1.29, 1.82) is 0 Å². The van der Waals surface area contributed by atoms with E-state index in [2.05, 4.69) is 36.4 Å². The van der Waals surface area contributed by atoms with Gasteiger partial charge in [0, 0.05) is 11.1 Å². The SMILES string of the molecule is CC(=Nc1ccccc1-c1ccccc1)c1cccc(C(C)=Nc2ccccc2-c2ccccc2)n1. The van der Waals surface area contributed by atoms with Crippen molar-refractivity contribution in [3.05, 3.63) is 139 Å². The number of nitrogens with zero attached hydrogens (tertiary/aromatic N) is 3. The highest BCUT2D eigenvalue weighted by atomic mass is 14.8. The van der Waals surface area contributed by atoms with E-state index < -0.39 is 0 Å². The second kappa shape index (κ2) is 10.7. The number of rotatable bonds is 6. The van der Waals surface area contributed by atoms with Gasteiger partial charge in [-0.25, -0.2) is 4.98 Å². The number of hydrogen-bond donors (Lipinski definition) is 0. The molecule has 0 fully saturated rings. The molecule has 4 aromatic carbocycles. The third kappa shape index (κ3) is 5.21. The Labute approximate surface area is 212 Å². The molecule has 0 atom stereocenters. The zero-order chi connectivity index (χ0) is 24.7. The van der Waals surface area contributed by atoms with Gasteiger partial charge in [-0.05, 0) is 49.2 Å². The van der Waals surface area contributed by atoms with Gasteiger partial charge in [0.05, 0.1) is 34.2 Å². The van der Waals surface area contributed by atoms with Crippen molar-refractivity contribution in [2.24, 2.45) is 9.98 Å². The van der Waals surface area contributed by atoms with Crippen LogP contribution in [0, 0.1) is 0 Å². The smallest absolute Gasteiger partial charge is 0.0849 e. The van der Waals surface area contributed by atoms with Crippen LogP contribution in [0.3, 0.4) is 0 Å². The summed E-state index contributed by atoms with van der Waals surface area (Å²) in [6, 6.07) is 43.1. The molecule has 0 aliphatic rings. The van der Waals surface area contributed by atoms with Gasteiger partial charge in [0.25, 0.3) is 0 Å². The Bertz CT molecular complexity index is 1420. The lowest BCUT2D eigenvalue weighted by molar-refractivity contribution is 1.24. The van der Waals surface area contributed by atoms with E-state index in [0.717, 1.165) is 56.4 Å². The molecule has 0 unspecified atom stereocenters. The molecule has 174 valence electrons. The van der Waals surface area contributed by atoms with Crippen LogP contribution >= 0.6 is 0 Å². The molecule has 0 saturated carbocycles. The average Bonchev–Trinajstić information content (AvgIpc) is 2.94. The molecule has 0 N–H and O–H groups in total. The summed E-state index contributed by atoms with van der Waals surface area (Å²) in [5, 5.41) is 0. The quantitative estimate of drug-likeness (QED) is 0.231. The molecule has 0 aliphatic heterocycles. The monoisotopic (exact) mass is 465 g/mol. The Morgan fingerprint density at radius 3 is 1.28 bits per heavy atom. The topological polar surface area (TPSA) is 37.6 Å². The molecule has 36 heavy (non-hydrogen) atoms. The van der Waals surface area contributed by atoms with Crippen molar-refractivity contribution in [2.75, 3.05) is 0 Å². The summed E-state index contributed by atoms with van der Waals surface area (Å²) in [5.74, 6) is 0. The van der Waals surface area contributed by atoms with Crippen LogP contribution in [0.15, 0.2) is 137 Å². The lowest BCUT2D eigenvalue weighted by Gasteiger charge is -2.09. The fourth-order valence-electron chi connectivity index (χ4n) is 4.18. The van der Waals surface area contributed by atoms with E-state index in [1.54, 1.807) is 0 Å². The van der Waals surface area contributed by atoms with E-state index in [1.807, 2.05) is 105 Å². The van der Waals surface area contributed by atoms with Crippen LogP contribution in [0.5, 0.6) is 0 Å². The fraction of sp³-hybridized carbons (Fsp3) is 0.0606. The summed E-state index contributed by atoms with van der Waals surface area (Å²) < 4.78 is 0. The van der Waals surface area contributed by atoms with E-state index in [1.165, 1.54) is 0 Å². The second-order valence-electron chi connectivity index (χ2n) is 8.57. The number of hydrogen-bond acceptors (Lipinski definition) is 3. The largest absolute Gasteiger partial charge is 0.251 e. The third-order valence-electron chi connectivity index (χ3n) is 6.04. The van der Waals surface area contributed by atoms with Gasteiger partial charge in [-0.15, -0.1) is 0 Å². The highest BCUT2D eigenvalue weighted by Gasteiger charge is 2.09. The number of aromatic nitrogens is 1. The molecular formula is C33H27N3. The number of pyridine rings is 1. The van der Waals surface area contributed by atoms with Crippen LogP contribution < -0.4 is 0 Å². The Hall–Kier alpha value is -4.63. The molecule has 5 aromatic rings. The van der Waals surface area contributed by atoms with Gasteiger partial charge in [0.15, 0.2) is 0 Å². The normalized spacial score (nSPS) is 11.9. The number of aliphatic imine (C=N–C) groups is 2. The van der Waals surface area contributed by atoms with E-state index in [-0.39, 0.29) is 0 Å². The maximum atomic E-state index is 4.96. The van der Waals surface area contributed by atoms with Crippen LogP contribution in [0.1, 0.15) is 25.2 Å². The summed E-state index contributed by atoms with van der Waals surface area (Å²) in [7, 11) is 0. The first-order chi connectivity index (χ1) is 17.7. The number of para-hydroxylation sites is 2. The number of benzene rings is 4. The Morgan fingerprint density at radius 2 is 0.833 bits per heavy atom. The average molecular weight is 466 g/mol. The van der Waals surface area contributed by atoms with E-state index in [9.17, 15) is 0 Å². The Morgan fingerprint density at radius 1 is 0.444 bits per heavy atom. The molecular weight excluding hydrogens is 438 g/mol. The molecule has 1 heterocycles. The van der Waals surface area contributed by atoms with E-state index >= 15 is 0 Å². The van der Waals surface area contributed by atoms with Gasteiger partial charge >= 0.3 is 0 Å². The predicted molar refractivity (Wildman–Crippen MR) is 152 cm³/mol. The molecule has 0 spiro atoms. The first-order valence-corrected chi connectivity index (χ1v) is 12.1. The molecule has 0 bridgehead atoms. The lowest BCUT2D eigenvalue weighted by Crippen LogP contribution is -2.05. The molecule has 0 radical (unpaired) electrons. The molecule has 5 rings (SSSR count). The summed E-state index contributed by atoms with van der Waals surface area (Å²) in [6.07, 6.45) is 0. The maximum absolute atomic E-state index is 4.96. The van der Waals surface area contributed by atoms with Crippen LogP contribution in [0.2, 0.25) is 0 Å². The fourth-order valence-corrected chi connectivity index (χ4v) is 4.18. The molecule has 0 saturated heterocycles. The van der Waals surface area contributed by atoms with Gasteiger partial charge in [-0.2, -0.15) is 0 Å². The summed E-state index contributed by atoms with van der Waals surface area (Å²) in [6.45, 7) is 4.01. The minimum atomic E-state index is 0.834. The Kier molecular flexibility index (Phi) is 6.90. The van der Waals surface area contributed by atoms with Gasteiger partial charge in [-0.1, -0.05) is 103 Å². The molecule has 3 nitrogen and oxygen atoms in total. The molecule has 1 aromatic heterocycles. The highest BCUT2D eigenvalue weighted by molar-refractivity contribution is 6.03. The van der Waals surface area contributed by atoms with Gasteiger partial charge in [0.2, 0.25) is 0 Å². The second-order valence-corrected chi connectivity index (χ2v) is 8.57. The van der Waals surface area contributed by atoms with Crippen LogP contribution in [-0.4, -0.2) is 16.4 Å². The first-order valence-electron chi connectivity index (χ1n) is 12.1. The van der Waals surface area contributed by atoms with E-state index in [0.29, 0.717) is 0 Å². The van der Waals surface area contributed by atoms with Crippen molar-refractivity contribution >= 4 is 22.8 Å². The zero-order valence-corrected chi connectivity index (χ0v) is 20.5. The standard InChI is InChI=1S/C33H27N3/c1-24(34-32-20-11-9-18-28(32)26-14-5-3-6-15-26)30-22-13-23-31(36-30)25(2)35-33-21-12-10-19-29(33)27-16-7-4-8-17-27/h3-23H,1-2H3. The summed E-state index contributed by atoms with van der Waals surface area (Å²) in [4.78, 5) is 14.8. The van der Waals surface area contributed by atoms with Crippen LogP contribution in [0.25, 0.3) is 22.3 Å². The zero-order valence-electron chi connectivity index (χ0n) is 20.5. The highest BCUT2D eigenvalue weighted by Crippen LogP contribution is 2.31. The minimum Gasteiger partial charge on any atom is -0.251 e. The predicted octanol–water partition coefficient (Wildman–Crippen LogP) is 8.70. The molecule has 3 heteroatoms. The first kappa shape index (κ1) is 23.1. The van der Waals surface area contributed by atoms with Crippen molar-refractivity contribution in [2.45, 2.75) is 13.8 Å². The van der Waals surface area contributed by atoms with Crippen LogP contribution in [0.4, 0.5) is 11.4 Å². The minimum absolute atomic E-state index is 0.834. The maximum Gasteiger partial charge on any atom is 0.0849 e. The summed E-state index contributed by atoms with van der Waals surface area (Å²) >= 11 is 0. The summed E-state index contributed by atoms with van der Waals surface area (Å²) in [5.41, 5.74) is 9.73. The van der Waals surface area contributed by atoms with Crippen molar-refractivity contribution in [3.8, 4) is 22.3 Å². The van der Waals surface area contributed by atoms with Crippen molar-refractivity contribution < 1.29 is 0 Å². The van der Waals surface area contributed by atoms with Gasteiger partial charge < -0.3 is 0 Å².